The second kappa shape index (κ2) is 7.02. The van der Waals surface area contributed by atoms with Crippen molar-refractivity contribution in [2.45, 2.75) is 6.92 Å². The summed E-state index contributed by atoms with van der Waals surface area (Å²) in [6, 6.07) is 15.0. The number of fused-ring (bicyclic) bond motifs is 1. The van der Waals surface area contributed by atoms with Gasteiger partial charge in [0.15, 0.2) is 0 Å². The molecule has 3 aromatic rings. The third-order valence-corrected chi connectivity index (χ3v) is 3.98. The molecule has 0 unspecified atom stereocenters. The van der Waals surface area contributed by atoms with Gasteiger partial charge in [-0.25, -0.2) is 5.43 Å². The normalized spacial score (nSPS) is 11.0. The van der Waals surface area contributed by atoms with E-state index in [0.29, 0.717) is 11.1 Å². The summed E-state index contributed by atoms with van der Waals surface area (Å²) < 4.78 is 0. The van der Waals surface area contributed by atoms with Crippen LogP contribution in [0.3, 0.4) is 0 Å². The molecule has 0 aliphatic heterocycles. The number of nitrogens with one attached hydrogen (secondary N) is 1. The van der Waals surface area contributed by atoms with E-state index < -0.39 is 10.8 Å². The van der Waals surface area contributed by atoms with Crippen molar-refractivity contribution >= 4 is 28.6 Å². The van der Waals surface area contributed by atoms with E-state index in [2.05, 4.69) is 10.5 Å². The molecule has 7 nitrogen and oxygen atoms in total. The Morgan fingerprint density at radius 2 is 1.96 bits per heavy atom. The number of carbonyl (C=O) groups is 1. The molecular formula is C19H15N3O4. The first-order chi connectivity index (χ1) is 12.5. The quantitative estimate of drug-likeness (QED) is 0.427. The van der Waals surface area contributed by atoms with Gasteiger partial charge in [0.1, 0.15) is 5.75 Å². The minimum atomic E-state index is -0.580. The molecule has 130 valence electrons. The summed E-state index contributed by atoms with van der Waals surface area (Å²) in [5.41, 5.74) is 3.26. The molecule has 26 heavy (non-hydrogen) atoms. The van der Waals surface area contributed by atoms with Crippen LogP contribution in [-0.2, 0) is 0 Å². The number of nitrogens with zero attached hydrogens (tertiary/aromatic N) is 2. The summed E-state index contributed by atoms with van der Waals surface area (Å²) in [4.78, 5) is 22.6. The second-order valence-electron chi connectivity index (χ2n) is 5.68. The number of phenolic OH excluding ortho intramolecular Hbond substituents is 1. The highest BCUT2D eigenvalue weighted by molar-refractivity contribution is 6.03. The lowest BCUT2D eigenvalue weighted by molar-refractivity contribution is -0.385. The van der Waals surface area contributed by atoms with Crippen molar-refractivity contribution in [1.82, 2.24) is 5.43 Å². The smallest absolute Gasteiger partial charge is 0.273 e. The Balaban J connectivity index is 1.83. The highest BCUT2D eigenvalue weighted by Crippen LogP contribution is 2.25. The number of aromatic hydroxyl groups is 1. The fourth-order valence-electron chi connectivity index (χ4n) is 2.59. The molecule has 0 aromatic heterocycles. The number of amides is 1. The van der Waals surface area contributed by atoms with Crippen LogP contribution >= 0.6 is 0 Å². The number of hydrazone groups is 1. The summed E-state index contributed by atoms with van der Waals surface area (Å²) in [7, 11) is 0. The number of hydrogen-bond donors (Lipinski definition) is 2. The van der Waals surface area contributed by atoms with Gasteiger partial charge in [-0.2, -0.15) is 5.10 Å². The maximum atomic E-state index is 12.2. The van der Waals surface area contributed by atoms with E-state index in [1.165, 1.54) is 24.4 Å². The van der Waals surface area contributed by atoms with Crippen LogP contribution in [0.4, 0.5) is 5.69 Å². The Labute approximate surface area is 148 Å². The largest absolute Gasteiger partial charge is 0.507 e. The lowest BCUT2D eigenvalue weighted by atomic mass is 10.0. The van der Waals surface area contributed by atoms with E-state index in [9.17, 15) is 20.0 Å². The molecule has 0 saturated heterocycles. The van der Waals surface area contributed by atoms with Gasteiger partial charge in [-0.1, -0.05) is 36.4 Å². The number of hydrogen-bond acceptors (Lipinski definition) is 5. The van der Waals surface area contributed by atoms with Crippen molar-refractivity contribution < 1.29 is 14.8 Å². The third-order valence-electron chi connectivity index (χ3n) is 3.98. The van der Waals surface area contributed by atoms with E-state index in [0.717, 1.165) is 10.8 Å². The number of rotatable bonds is 4. The monoisotopic (exact) mass is 349 g/mol. The molecule has 0 spiro atoms. The van der Waals surface area contributed by atoms with Crippen molar-refractivity contribution in [1.29, 1.82) is 0 Å². The topological polar surface area (TPSA) is 105 Å². The molecule has 0 aliphatic carbocycles. The molecule has 3 aromatic carbocycles. The van der Waals surface area contributed by atoms with Crippen LogP contribution in [0.5, 0.6) is 5.75 Å². The predicted molar refractivity (Wildman–Crippen MR) is 98.5 cm³/mol. The van der Waals surface area contributed by atoms with Crippen molar-refractivity contribution in [3.05, 3.63) is 81.4 Å². The van der Waals surface area contributed by atoms with E-state index in [4.69, 9.17) is 0 Å². The fraction of sp³-hybridized carbons (Fsp3) is 0.0526. The van der Waals surface area contributed by atoms with Gasteiger partial charge in [0, 0.05) is 22.8 Å². The van der Waals surface area contributed by atoms with Crippen LogP contribution in [0.2, 0.25) is 0 Å². The Bertz CT molecular complexity index is 1040. The maximum Gasteiger partial charge on any atom is 0.273 e. The molecule has 7 heteroatoms. The van der Waals surface area contributed by atoms with Crippen LogP contribution in [0.1, 0.15) is 21.5 Å². The maximum absolute atomic E-state index is 12.2. The molecule has 2 N–H and O–H groups in total. The Morgan fingerprint density at radius 1 is 1.19 bits per heavy atom. The van der Waals surface area contributed by atoms with Crippen LogP contribution in [0.15, 0.2) is 59.7 Å². The van der Waals surface area contributed by atoms with Gasteiger partial charge in [-0.15, -0.1) is 0 Å². The van der Waals surface area contributed by atoms with Gasteiger partial charge in [-0.05, 0) is 29.8 Å². The zero-order chi connectivity index (χ0) is 18.7. The first kappa shape index (κ1) is 17.1. The van der Waals surface area contributed by atoms with Crippen LogP contribution in [0.25, 0.3) is 10.8 Å². The van der Waals surface area contributed by atoms with Crippen molar-refractivity contribution in [2.24, 2.45) is 5.10 Å². The molecule has 3 rings (SSSR count). The Kier molecular flexibility index (Phi) is 4.62. The summed E-state index contributed by atoms with van der Waals surface area (Å²) in [5, 5.41) is 26.6. The highest BCUT2D eigenvalue weighted by atomic mass is 16.6. The van der Waals surface area contributed by atoms with Crippen LogP contribution < -0.4 is 5.43 Å². The van der Waals surface area contributed by atoms with Gasteiger partial charge >= 0.3 is 0 Å². The second-order valence-corrected chi connectivity index (χ2v) is 5.68. The fourth-order valence-corrected chi connectivity index (χ4v) is 2.59. The zero-order valence-electron chi connectivity index (χ0n) is 13.8. The minimum Gasteiger partial charge on any atom is -0.507 e. The van der Waals surface area contributed by atoms with Crippen LogP contribution in [0, 0.1) is 17.0 Å². The molecule has 0 heterocycles. The highest BCUT2D eigenvalue weighted by Gasteiger charge is 2.14. The molecule has 0 saturated carbocycles. The van der Waals surface area contributed by atoms with E-state index in [1.807, 2.05) is 24.3 Å². The minimum absolute atomic E-state index is 0.0349. The molecule has 0 fully saturated rings. The number of carbonyl (C=O) groups excluding carboxylic acids is 1. The summed E-state index contributed by atoms with van der Waals surface area (Å²) in [6.07, 6.45) is 1.35. The first-order valence-corrected chi connectivity index (χ1v) is 7.76. The molecule has 0 bridgehead atoms. The molecular weight excluding hydrogens is 334 g/mol. The van der Waals surface area contributed by atoms with Crippen molar-refractivity contribution in [3.8, 4) is 5.75 Å². The zero-order valence-corrected chi connectivity index (χ0v) is 13.8. The average molecular weight is 349 g/mol. The van der Waals surface area contributed by atoms with Gasteiger partial charge in [0.2, 0.25) is 0 Å². The number of benzene rings is 3. The average Bonchev–Trinajstić information content (AvgIpc) is 2.63. The molecule has 0 aliphatic rings. The number of nitro benzene ring substituents is 1. The summed E-state index contributed by atoms with van der Waals surface area (Å²) in [5.74, 6) is -0.545. The Morgan fingerprint density at radius 3 is 2.73 bits per heavy atom. The number of phenols is 1. The van der Waals surface area contributed by atoms with Gasteiger partial charge in [0.25, 0.3) is 11.6 Å². The lowest BCUT2D eigenvalue weighted by Crippen LogP contribution is -2.17. The predicted octanol–water partition coefficient (Wildman–Crippen LogP) is 3.53. The van der Waals surface area contributed by atoms with E-state index in [1.54, 1.807) is 19.1 Å². The third kappa shape index (κ3) is 3.36. The van der Waals surface area contributed by atoms with Crippen molar-refractivity contribution in [2.75, 3.05) is 0 Å². The summed E-state index contributed by atoms with van der Waals surface area (Å²) in [6.45, 7) is 1.60. The van der Waals surface area contributed by atoms with Gasteiger partial charge in [-0.3, -0.25) is 14.9 Å². The summed E-state index contributed by atoms with van der Waals surface area (Å²) >= 11 is 0. The number of aryl methyl sites for hydroxylation is 1. The molecule has 0 radical (unpaired) electrons. The lowest BCUT2D eigenvalue weighted by Gasteiger charge is -2.05. The van der Waals surface area contributed by atoms with Crippen LogP contribution in [-0.4, -0.2) is 22.2 Å². The first-order valence-electron chi connectivity index (χ1n) is 7.76. The molecule has 0 atom stereocenters. The van der Waals surface area contributed by atoms with Gasteiger partial charge < -0.3 is 5.11 Å². The SMILES string of the molecule is Cc1ccc(C(=O)N/N=C\c2c(O)ccc3ccccc23)cc1[N+](=O)[O-]. The molecule has 1 amide bonds. The Hall–Kier alpha value is -3.74. The standard InChI is InChI=1S/C19H15N3O4/c1-12-6-7-14(10-17(12)22(25)26)19(24)21-20-11-16-15-5-3-2-4-13(15)8-9-18(16)23/h2-11,23H,1H3,(H,21,24)/b20-11-. The number of nitro groups is 1. The van der Waals surface area contributed by atoms with E-state index >= 15 is 0 Å². The van der Waals surface area contributed by atoms with Gasteiger partial charge in [0.05, 0.1) is 11.1 Å². The van der Waals surface area contributed by atoms with E-state index in [-0.39, 0.29) is 17.0 Å². The van der Waals surface area contributed by atoms with Crippen molar-refractivity contribution in [3.63, 3.8) is 0 Å².